The quantitative estimate of drug-likeness (QED) is 0.808. The number of hydrogen-bond donors (Lipinski definition) is 1. The Morgan fingerprint density at radius 3 is 2.61 bits per heavy atom. The monoisotopic (exact) mass is 318 g/mol. The summed E-state index contributed by atoms with van der Waals surface area (Å²) in [6, 6.07) is 7.48. The van der Waals surface area contributed by atoms with Gasteiger partial charge in [0, 0.05) is 25.1 Å². The second-order valence-electron chi connectivity index (χ2n) is 5.61. The molecule has 6 nitrogen and oxygen atoms in total. The fraction of sp³-hybridized carbons (Fsp3) is 0.471. The van der Waals surface area contributed by atoms with Gasteiger partial charge in [0.05, 0.1) is 19.1 Å². The summed E-state index contributed by atoms with van der Waals surface area (Å²) in [6.07, 6.45) is 0.412. The number of carbonyl (C=O) groups is 3. The predicted molar refractivity (Wildman–Crippen MR) is 85.9 cm³/mol. The molecule has 1 heterocycles. The molecule has 124 valence electrons. The highest BCUT2D eigenvalue weighted by molar-refractivity contribution is 5.97. The number of amides is 2. The molecule has 0 aromatic heterocycles. The first kappa shape index (κ1) is 17.0. The molecule has 6 heteroatoms. The first-order chi connectivity index (χ1) is 11.0. The summed E-state index contributed by atoms with van der Waals surface area (Å²) in [5, 5.41) is 2.81. The molecule has 0 saturated carbocycles. The van der Waals surface area contributed by atoms with E-state index < -0.39 is 0 Å². The first-order valence-electron chi connectivity index (χ1n) is 7.81. The third-order valence-corrected chi connectivity index (χ3v) is 3.70. The van der Waals surface area contributed by atoms with Gasteiger partial charge < -0.3 is 15.0 Å². The number of rotatable bonds is 6. The van der Waals surface area contributed by atoms with Gasteiger partial charge >= 0.3 is 5.97 Å². The van der Waals surface area contributed by atoms with E-state index in [1.54, 1.807) is 11.8 Å². The number of nitrogens with zero attached hydrogens (tertiary/aromatic N) is 1. The summed E-state index contributed by atoms with van der Waals surface area (Å²) in [5.74, 6) is -0.627. The zero-order chi connectivity index (χ0) is 16.8. The van der Waals surface area contributed by atoms with Gasteiger partial charge in [0.1, 0.15) is 0 Å². The van der Waals surface area contributed by atoms with Crippen molar-refractivity contribution in [2.75, 3.05) is 18.1 Å². The van der Waals surface area contributed by atoms with E-state index in [0.29, 0.717) is 13.2 Å². The van der Waals surface area contributed by atoms with Gasteiger partial charge in [-0.25, -0.2) is 0 Å². The summed E-state index contributed by atoms with van der Waals surface area (Å²) in [7, 11) is 0. The van der Waals surface area contributed by atoms with Crippen LogP contribution in [-0.2, 0) is 19.1 Å². The molecule has 0 unspecified atom stereocenters. The highest BCUT2D eigenvalue weighted by Gasteiger charge is 2.31. The van der Waals surface area contributed by atoms with E-state index in [4.69, 9.17) is 4.74 Å². The number of nitrogens with one attached hydrogen (secondary N) is 1. The van der Waals surface area contributed by atoms with Crippen molar-refractivity contribution in [2.24, 2.45) is 0 Å². The molecule has 0 bridgehead atoms. The van der Waals surface area contributed by atoms with Crippen LogP contribution in [0.15, 0.2) is 24.3 Å². The molecule has 1 aliphatic heterocycles. The van der Waals surface area contributed by atoms with E-state index in [0.717, 1.165) is 11.3 Å². The van der Waals surface area contributed by atoms with Crippen LogP contribution >= 0.6 is 0 Å². The predicted octanol–water partition coefficient (Wildman–Crippen LogP) is 1.56. The van der Waals surface area contributed by atoms with Gasteiger partial charge in [-0.05, 0) is 26.0 Å². The van der Waals surface area contributed by atoms with Gasteiger partial charge in [0.15, 0.2) is 0 Å². The maximum Gasteiger partial charge on any atom is 0.306 e. The fourth-order valence-corrected chi connectivity index (χ4v) is 2.53. The molecule has 1 aliphatic rings. The minimum absolute atomic E-state index is 0.00968. The highest BCUT2D eigenvalue weighted by atomic mass is 16.5. The average Bonchev–Trinajstić information content (AvgIpc) is 2.87. The lowest BCUT2D eigenvalue weighted by Crippen LogP contribution is -2.37. The SMILES string of the molecule is CCOC(=O)CCC(=O)N[C@@H]1CC(=O)N(c2ccc(C)cc2)C1. The molecule has 1 aromatic carbocycles. The molecule has 0 spiro atoms. The molecule has 2 rings (SSSR count). The third-order valence-electron chi connectivity index (χ3n) is 3.70. The highest BCUT2D eigenvalue weighted by Crippen LogP contribution is 2.22. The second kappa shape index (κ2) is 7.76. The molecular weight excluding hydrogens is 296 g/mol. The lowest BCUT2D eigenvalue weighted by Gasteiger charge is -2.17. The Hall–Kier alpha value is -2.37. The molecule has 0 radical (unpaired) electrons. The van der Waals surface area contributed by atoms with Crippen molar-refractivity contribution < 1.29 is 19.1 Å². The van der Waals surface area contributed by atoms with Crippen LogP contribution in [0, 0.1) is 6.92 Å². The van der Waals surface area contributed by atoms with Crippen molar-refractivity contribution in [3.63, 3.8) is 0 Å². The minimum atomic E-state index is -0.383. The molecule has 1 fully saturated rings. The van der Waals surface area contributed by atoms with E-state index in [9.17, 15) is 14.4 Å². The summed E-state index contributed by atoms with van der Waals surface area (Å²) in [6.45, 7) is 4.47. The van der Waals surface area contributed by atoms with Crippen LogP contribution in [0.25, 0.3) is 0 Å². The Balaban J connectivity index is 1.84. The van der Waals surface area contributed by atoms with Crippen LogP contribution in [0.1, 0.15) is 31.7 Å². The van der Waals surface area contributed by atoms with E-state index in [1.165, 1.54) is 0 Å². The molecular formula is C17H22N2O4. The average molecular weight is 318 g/mol. The number of benzene rings is 1. The summed E-state index contributed by atoms with van der Waals surface area (Å²) < 4.78 is 4.78. The smallest absolute Gasteiger partial charge is 0.306 e. The minimum Gasteiger partial charge on any atom is -0.466 e. The first-order valence-corrected chi connectivity index (χ1v) is 7.81. The Bertz CT molecular complexity index is 583. The number of aryl methyl sites for hydroxylation is 1. The van der Waals surface area contributed by atoms with E-state index in [1.807, 2.05) is 31.2 Å². The Kier molecular flexibility index (Phi) is 5.73. The van der Waals surface area contributed by atoms with Crippen LogP contribution in [0.4, 0.5) is 5.69 Å². The third kappa shape index (κ3) is 4.81. The van der Waals surface area contributed by atoms with E-state index in [-0.39, 0.29) is 43.1 Å². The molecule has 1 N–H and O–H groups in total. The Morgan fingerprint density at radius 2 is 1.96 bits per heavy atom. The molecule has 0 aliphatic carbocycles. The van der Waals surface area contributed by atoms with Crippen molar-refractivity contribution in [1.82, 2.24) is 5.32 Å². The Morgan fingerprint density at radius 1 is 1.26 bits per heavy atom. The standard InChI is InChI=1S/C17H22N2O4/c1-3-23-17(22)9-8-15(20)18-13-10-16(21)19(11-13)14-6-4-12(2)5-7-14/h4-7,13H,3,8-11H2,1-2H3,(H,18,20)/t13-/m1/s1. The Labute approximate surface area is 135 Å². The number of carbonyl (C=O) groups excluding carboxylic acids is 3. The van der Waals surface area contributed by atoms with Crippen LogP contribution in [0.2, 0.25) is 0 Å². The lowest BCUT2D eigenvalue weighted by molar-refractivity contribution is -0.144. The lowest BCUT2D eigenvalue weighted by atomic mass is 10.2. The van der Waals surface area contributed by atoms with Crippen LogP contribution in [0.5, 0.6) is 0 Å². The van der Waals surface area contributed by atoms with Crippen molar-refractivity contribution in [1.29, 1.82) is 0 Å². The topological polar surface area (TPSA) is 75.7 Å². The van der Waals surface area contributed by atoms with Gasteiger partial charge in [-0.2, -0.15) is 0 Å². The van der Waals surface area contributed by atoms with Crippen molar-refractivity contribution in [3.8, 4) is 0 Å². The van der Waals surface area contributed by atoms with Crippen LogP contribution in [-0.4, -0.2) is 37.0 Å². The van der Waals surface area contributed by atoms with Gasteiger partial charge in [0.2, 0.25) is 11.8 Å². The molecule has 23 heavy (non-hydrogen) atoms. The van der Waals surface area contributed by atoms with Gasteiger partial charge in [-0.15, -0.1) is 0 Å². The maximum atomic E-state index is 12.1. The largest absolute Gasteiger partial charge is 0.466 e. The summed E-state index contributed by atoms with van der Waals surface area (Å²) in [5.41, 5.74) is 1.97. The van der Waals surface area contributed by atoms with Gasteiger partial charge in [-0.3, -0.25) is 14.4 Å². The zero-order valence-corrected chi connectivity index (χ0v) is 13.5. The van der Waals surface area contributed by atoms with Gasteiger partial charge in [-0.1, -0.05) is 17.7 Å². The normalized spacial score (nSPS) is 17.2. The molecule has 1 aromatic rings. The van der Waals surface area contributed by atoms with E-state index >= 15 is 0 Å². The zero-order valence-electron chi connectivity index (χ0n) is 13.5. The second-order valence-corrected chi connectivity index (χ2v) is 5.61. The van der Waals surface area contributed by atoms with Crippen molar-refractivity contribution in [2.45, 2.75) is 39.2 Å². The summed E-state index contributed by atoms with van der Waals surface area (Å²) in [4.78, 5) is 36.9. The van der Waals surface area contributed by atoms with E-state index in [2.05, 4.69) is 5.32 Å². The number of esters is 1. The number of hydrogen-bond acceptors (Lipinski definition) is 4. The van der Waals surface area contributed by atoms with Crippen molar-refractivity contribution >= 4 is 23.5 Å². The molecule has 1 saturated heterocycles. The van der Waals surface area contributed by atoms with Crippen LogP contribution in [0.3, 0.4) is 0 Å². The number of ether oxygens (including phenoxy) is 1. The molecule has 1 atom stereocenters. The van der Waals surface area contributed by atoms with Crippen molar-refractivity contribution in [3.05, 3.63) is 29.8 Å². The molecule has 2 amide bonds. The number of anilines is 1. The summed E-state index contributed by atoms with van der Waals surface area (Å²) >= 11 is 0. The van der Waals surface area contributed by atoms with Gasteiger partial charge in [0.25, 0.3) is 0 Å². The maximum absolute atomic E-state index is 12.1. The van der Waals surface area contributed by atoms with Crippen LogP contribution < -0.4 is 10.2 Å². The fourth-order valence-electron chi connectivity index (χ4n) is 2.53.